The van der Waals surface area contributed by atoms with Gasteiger partial charge in [-0.3, -0.25) is 10.1 Å². The van der Waals surface area contributed by atoms with E-state index in [1.54, 1.807) is 6.07 Å². The second-order valence-electron chi connectivity index (χ2n) is 5.68. The van der Waals surface area contributed by atoms with Gasteiger partial charge >= 0.3 is 5.97 Å². The molecule has 0 aliphatic rings. The fraction of sp³-hybridized carbons (Fsp3) is 0.357. The Morgan fingerprint density at radius 3 is 2.68 bits per heavy atom. The summed E-state index contributed by atoms with van der Waals surface area (Å²) in [4.78, 5) is 26.0. The number of nitrogens with one attached hydrogen (secondary N) is 2. The Bertz CT molecular complexity index is 684. The van der Waals surface area contributed by atoms with Gasteiger partial charge in [0, 0.05) is 17.7 Å². The van der Waals surface area contributed by atoms with Gasteiger partial charge in [0.15, 0.2) is 6.61 Å². The number of carbonyl (C=O) groups excluding carboxylic acids is 2. The van der Waals surface area contributed by atoms with E-state index >= 15 is 0 Å². The van der Waals surface area contributed by atoms with Gasteiger partial charge in [0.05, 0.1) is 10.7 Å². The van der Waals surface area contributed by atoms with Crippen LogP contribution in [0.3, 0.4) is 0 Å². The molecule has 0 aliphatic heterocycles. The summed E-state index contributed by atoms with van der Waals surface area (Å²) >= 11 is 5.68. The van der Waals surface area contributed by atoms with Crippen LogP contribution in [0.25, 0.3) is 0 Å². The quantitative estimate of drug-likeness (QED) is 0.842. The molecule has 0 spiro atoms. The van der Waals surface area contributed by atoms with Crippen LogP contribution in [0.15, 0.2) is 22.9 Å². The largest absolute Gasteiger partial charge is 0.451 e. The molecule has 8 heteroatoms. The lowest BCUT2D eigenvalue weighted by Gasteiger charge is -2.12. The molecule has 2 aromatic rings. The van der Waals surface area contributed by atoms with Gasteiger partial charge in [-0.1, -0.05) is 37.5 Å². The van der Waals surface area contributed by atoms with Crippen LogP contribution in [-0.2, 0) is 14.9 Å². The SMILES string of the molecule is CC(C)(C)c1cc(NC(=O)COC(=O)c2cc(Cl)c[nH]2)on1. The van der Waals surface area contributed by atoms with Gasteiger partial charge in [-0.05, 0) is 6.07 Å². The average Bonchev–Trinajstić information content (AvgIpc) is 3.04. The summed E-state index contributed by atoms with van der Waals surface area (Å²) < 4.78 is 9.86. The van der Waals surface area contributed by atoms with E-state index in [0.29, 0.717) is 10.7 Å². The van der Waals surface area contributed by atoms with Gasteiger partial charge in [-0.2, -0.15) is 0 Å². The van der Waals surface area contributed by atoms with Crippen LogP contribution < -0.4 is 5.32 Å². The molecule has 0 aromatic carbocycles. The number of hydrogen-bond donors (Lipinski definition) is 2. The van der Waals surface area contributed by atoms with Crippen LogP contribution in [-0.4, -0.2) is 28.6 Å². The highest BCUT2D eigenvalue weighted by Crippen LogP contribution is 2.23. The average molecular weight is 326 g/mol. The second kappa shape index (κ2) is 6.23. The first kappa shape index (κ1) is 16.1. The Morgan fingerprint density at radius 1 is 1.41 bits per heavy atom. The summed E-state index contributed by atoms with van der Waals surface area (Å²) in [5, 5.41) is 6.72. The zero-order valence-electron chi connectivity index (χ0n) is 12.4. The molecule has 1 amide bonds. The van der Waals surface area contributed by atoms with Crippen molar-refractivity contribution in [3.8, 4) is 0 Å². The van der Waals surface area contributed by atoms with Crippen molar-refractivity contribution >= 4 is 29.4 Å². The minimum atomic E-state index is -0.671. The number of amides is 1. The normalized spacial score (nSPS) is 11.3. The van der Waals surface area contributed by atoms with E-state index in [2.05, 4.69) is 15.5 Å². The molecule has 2 heterocycles. The van der Waals surface area contributed by atoms with Crippen molar-refractivity contribution in [3.05, 3.63) is 34.7 Å². The number of rotatable bonds is 4. The molecular weight excluding hydrogens is 310 g/mol. The number of aromatic amines is 1. The summed E-state index contributed by atoms with van der Waals surface area (Å²) in [5.74, 6) is -0.994. The summed E-state index contributed by atoms with van der Waals surface area (Å²) in [6.45, 7) is 5.47. The van der Waals surface area contributed by atoms with Crippen molar-refractivity contribution in [1.82, 2.24) is 10.1 Å². The Morgan fingerprint density at radius 2 is 2.14 bits per heavy atom. The van der Waals surface area contributed by atoms with E-state index in [1.807, 2.05) is 20.8 Å². The van der Waals surface area contributed by atoms with E-state index in [0.717, 1.165) is 0 Å². The predicted octanol–water partition coefficient (Wildman–Crippen LogP) is 2.75. The molecule has 0 saturated heterocycles. The maximum atomic E-state index is 11.7. The Kier molecular flexibility index (Phi) is 4.56. The van der Waals surface area contributed by atoms with E-state index in [1.165, 1.54) is 12.3 Å². The summed E-state index contributed by atoms with van der Waals surface area (Å²) in [5.41, 5.74) is 0.694. The highest BCUT2D eigenvalue weighted by atomic mass is 35.5. The van der Waals surface area contributed by atoms with Crippen molar-refractivity contribution in [2.75, 3.05) is 11.9 Å². The summed E-state index contributed by atoms with van der Waals surface area (Å²) in [7, 11) is 0. The zero-order chi connectivity index (χ0) is 16.3. The van der Waals surface area contributed by atoms with E-state index in [-0.39, 0.29) is 17.0 Å². The van der Waals surface area contributed by atoms with E-state index in [9.17, 15) is 9.59 Å². The third kappa shape index (κ3) is 4.11. The Hall–Kier alpha value is -2.28. The van der Waals surface area contributed by atoms with Crippen LogP contribution in [0.1, 0.15) is 37.0 Å². The molecule has 22 heavy (non-hydrogen) atoms. The zero-order valence-corrected chi connectivity index (χ0v) is 13.2. The third-order valence-corrected chi connectivity index (χ3v) is 2.96. The highest BCUT2D eigenvalue weighted by Gasteiger charge is 2.20. The number of hydrogen-bond acceptors (Lipinski definition) is 5. The smallest absolute Gasteiger partial charge is 0.355 e. The fourth-order valence-corrected chi connectivity index (χ4v) is 1.72. The highest BCUT2D eigenvalue weighted by molar-refractivity contribution is 6.30. The van der Waals surface area contributed by atoms with E-state index in [4.69, 9.17) is 20.9 Å². The van der Waals surface area contributed by atoms with Gasteiger partial charge in [-0.15, -0.1) is 0 Å². The molecule has 0 radical (unpaired) electrons. The van der Waals surface area contributed by atoms with Gasteiger partial charge in [-0.25, -0.2) is 4.79 Å². The Balaban J connectivity index is 1.85. The second-order valence-corrected chi connectivity index (χ2v) is 6.12. The summed E-state index contributed by atoms with van der Waals surface area (Å²) in [6.07, 6.45) is 1.45. The minimum absolute atomic E-state index is 0.174. The number of carbonyl (C=O) groups is 2. The maximum absolute atomic E-state index is 11.7. The van der Waals surface area contributed by atoms with E-state index < -0.39 is 18.5 Å². The van der Waals surface area contributed by atoms with Gasteiger partial charge in [0.1, 0.15) is 5.69 Å². The number of halogens is 1. The molecule has 0 aliphatic carbocycles. The van der Waals surface area contributed by atoms with Gasteiger partial charge < -0.3 is 14.2 Å². The molecule has 0 atom stereocenters. The molecular formula is C14H16ClN3O4. The predicted molar refractivity (Wildman–Crippen MR) is 79.9 cm³/mol. The van der Waals surface area contributed by atoms with Crippen molar-refractivity contribution in [1.29, 1.82) is 0 Å². The topological polar surface area (TPSA) is 97.2 Å². The number of esters is 1. The standard InChI is InChI=1S/C14H16ClN3O4/c1-14(2,3)10-5-12(22-18-10)17-11(19)7-21-13(20)9-4-8(15)6-16-9/h4-6,16H,7H2,1-3H3,(H,17,19). The number of H-pyrrole nitrogens is 1. The minimum Gasteiger partial charge on any atom is -0.451 e. The molecule has 2 rings (SSSR count). The first-order chi connectivity index (χ1) is 10.3. The molecule has 0 fully saturated rings. The van der Waals surface area contributed by atoms with Gasteiger partial charge in [0.2, 0.25) is 5.88 Å². The summed E-state index contributed by atoms with van der Waals surface area (Å²) in [6, 6.07) is 3.04. The molecule has 0 bridgehead atoms. The van der Waals surface area contributed by atoms with Crippen molar-refractivity contribution < 1.29 is 18.8 Å². The van der Waals surface area contributed by atoms with Crippen LogP contribution in [0.5, 0.6) is 0 Å². The maximum Gasteiger partial charge on any atom is 0.355 e. The van der Waals surface area contributed by atoms with Crippen LogP contribution >= 0.6 is 11.6 Å². The van der Waals surface area contributed by atoms with Crippen LogP contribution in [0.2, 0.25) is 5.02 Å². The van der Waals surface area contributed by atoms with Crippen molar-refractivity contribution in [2.45, 2.75) is 26.2 Å². The van der Waals surface area contributed by atoms with Crippen molar-refractivity contribution in [3.63, 3.8) is 0 Å². The number of aromatic nitrogens is 2. The molecule has 7 nitrogen and oxygen atoms in total. The number of nitrogens with zero attached hydrogens (tertiary/aromatic N) is 1. The lowest BCUT2D eigenvalue weighted by Crippen LogP contribution is -2.20. The monoisotopic (exact) mass is 325 g/mol. The molecule has 2 aromatic heterocycles. The number of anilines is 1. The molecule has 2 N–H and O–H groups in total. The lowest BCUT2D eigenvalue weighted by molar-refractivity contribution is -0.119. The molecule has 0 saturated carbocycles. The number of ether oxygens (including phenoxy) is 1. The van der Waals surface area contributed by atoms with Crippen LogP contribution in [0, 0.1) is 0 Å². The van der Waals surface area contributed by atoms with Crippen LogP contribution in [0.4, 0.5) is 5.88 Å². The molecule has 0 unspecified atom stereocenters. The molecule has 118 valence electrons. The Labute approximate surface area is 132 Å². The van der Waals surface area contributed by atoms with Crippen molar-refractivity contribution in [2.24, 2.45) is 0 Å². The van der Waals surface area contributed by atoms with Gasteiger partial charge in [0.25, 0.3) is 5.91 Å². The third-order valence-electron chi connectivity index (χ3n) is 2.74. The first-order valence-electron chi connectivity index (χ1n) is 6.54. The first-order valence-corrected chi connectivity index (χ1v) is 6.91. The fourth-order valence-electron chi connectivity index (χ4n) is 1.56. The lowest BCUT2D eigenvalue weighted by atomic mass is 9.92.